The van der Waals surface area contributed by atoms with E-state index in [2.05, 4.69) is 53.3 Å². The third-order valence-corrected chi connectivity index (χ3v) is 4.18. The van der Waals surface area contributed by atoms with Crippen LogP contribution in [0.2, 0.25) is 0 Å². The van der Waals surface area contributed by atoms with Crippen molar-refractivity contribution in [2.75, 3.05) is 11.1 Å². The molecule has 1 aliphatic rings. The summed E-state index contributed by atoms with van der Waals surface area (Å²) < 4.78 is 1.10. The first-order valence-electron chi connectivity index (χ1n) is 5.96. The van der Waals surface area contributed by atoms with E-state index in [9.17, 15) is 0 Å². The van der Waals surface area contributed by atoms with E-state index in [1.54, 1.807) is 0 Å². The first-order valence-corrected chi connectivity index (χ1v) is 6.75. The van der Waals surface area contributed by atoms with Gasteiger partial charge in [0.25, 0.3) is 0 Å². The van der Waals surface area contributed by atoms with E-state index >= 15 is 0 Å². The molecule has 0 aliphatic carbocycles. The highest BCUT2D eigenvalue weighted by Crippen LogP contribution is 2.47. The van der Waals surface area contributed by atoms with Gasteiger partial charge >= 0.3 is 0 Å². The summed E-state index contributed by atoms with van der Waals surface area (Å²) in [5.74, 6) is 0. The van der Waals surface area contributed by atoms with Crippen molar-refractivity contribution in [1.29, 1.82) is 0 Å². The highest BCUT2D eigenvalue weighted by molar-refractivity contribution is 9.10. The lowest BCUT2D eigenvalue weighted by molar-refractivity contribution is 0.638. The number of nitrogen functional groups attached to an aromatic ring is 1. The van der Waals surface area contributed by atoms with Crippen LogP contribution in [0.1, 0.15) is 25.0 Å². The van der Waals surface area contributed by atoms with Gasteiger partial charge in [0.1, 0.15) is 0 Å². The molecule has 1 aliphatic heterocycles. The van der Waals surface area contributed by atoms with E-state index < -0.39 is 0 Å². The van der Waals surface area contributed by atoms with Gasteiger partial charge in [-0.15, -0.1) is 0 Å². The molecule has 0 saturated heterocycles. The standard InChI is InChI=1S/C15H15BrN2/c1-15(2)10-4-3-5-12(17)14(10)18-13-7-6-9(16)8-11(13)15/h3-8,18H,17H2,1-2H3. The molecule has 92 valence electrons. The summed E-state index contributed by atoms with van der Waals surface area (Å²) in [7, 11) is 0. The SMILES string of the molecule is CC1(C)c2cc(Br)ccc2Nc2c(N)cccc21. The molecule has 0 amide bonds. The predicted molar refractivity (Wildman–Crippen MR) is 80.4 cm³/mol. The first-order chi connectivity index (χ1) is 8.50. The Hall–Kier alpha value is -1.48. The lowest BCUT2D eigenvalue weighted by Gasteiger charge is -2.36. The fourth-order valence-corrected chi connectivity index (χ4v) is 3.01. The van der Waals surface area contributed by atoms with Crippen molar-refractivity contribution in [3.05, 3.63) is 52.0 Å². The van der Waals surface area contributed by atoms with Gasteiger partial charge in [-0.1, -0.05) is 41.9 Å². The molecule has 3 rings (SSSR count). The van der Waals surface area contributed by atoms with Crippen LogP contribution in [0.15, 0.2) is 40.9 Å². The normalized spacial score (nSPS) is 15.5. The molecule has 0 aromatic heterocycles. The van der Waals surface area contributed by atoms with E-state index in [0.717, 1.165) is 21.5 Å². The number of anilines is 3. The van der Waals surface area contributed by atoms with Crippen LogP contribution in [0.5, 0.6) is 0 Å². The van der Waals surface area contributed by atoms with Crippen LogP contribution in [-0.2, 0) is 5.41 Å². The Morgan fingerprint density at radius 2 is 1.89 bits per heavy atom. The van der Waals surface area contributed by atoms with Gasteiger partial charge in [0.2, 0.25) is 0 Å². The first kappa shape index (κ1) is 11.6. The Morgan fingerprint density at radius 3 is 2.67 bits per heavy atom. The zero-order valence-electron chi connectivity index (χ0n) is 10.4. The number of hydrogen-bond donors (Lipinski definition) is 2. The maximum Gasteiger partial charge on any atom is 0.0659 e. The molecule has 0 fully saturated rings. The summed E-state index contributed by atoms with van der Waals surface area (Å²) in [5, 5.41) is 3.45. The maximum absolute atomic E-state index is 6.08. The topological polar surface area (TPSA) is 38.0 Å². The second-order valence-electron chi connectivity index (χ2n) is 5.21. The van der Waals surface area contributed by atoms with Crippen molar-refractivity contribution < 1.29 is 0 Å². The Labute approximate surface area is 115 Å². The minimum atomic E-state index is -0.0466. The molecule has 2 nitrogen and oxygen atoms in total. The second-order valence-corrected chi connectivity index (χ2v) is 6.13. The number of rotatable bonds is 0. The maximum atomic E-state index is 6.08. The van der Waals surface area contributed by atoms with Crippen molar-refractivity contribution in [2.24, 2.45) is 0 Å². The van der Waals surface area contributed by atoms with Crippen molar-refractivity contribution in [3.8, 4) is 0 Å². The Bertz CT molecular complexity index is 628. The van der Waals surface area contributed by atoms with E-state index in [4.69, 9.17) is 5.73 Å². The van der Waals surface area contributed by atoms with Gasteiger partial charge in [0.15, 0.2) is 0 Å². The lowest BCUT2D eigenvalue weighted by Crippen LogP contribution is -2.26. The highest BCUT2D eigenvalue weighted by atomic mass is 79.9. The van der Waals surface area contributed by atoms with E-state index in [-0.39, 0.29) is 5.41 Å². The minimum Gasteiger partial charge on any atom is -0.397 e. The zero-order chi connectivity index (χ0) is 12.9. The van der Waals surface area contributed by atoms with E-state index in [1.807, 2.05) is 18.2 Å². The molecule has 3 N–H and O–H groups in total. The van der Waals surface area contributed by atoms with Crippen LogP contribution in [0.3, 0.4) is 0 Å². The number of hydrogen-bond acceptors (Lipinski definition) is 2. The Morgan fingerprint density at radius 1 is 1.11 bits per heavy atom. The van der Waals surface area contributed by atoms with Crippen molar-refractivity contribution >= 4 is 33.0 Å². The molecule has 3 heteroatoms. The van der Waals surface area contributed by atoms with Crippen molar-refractivity contribution in [3.63, 3.8) is 0 Å². The number of nitrogens with two attached hydrogens (primary N) is 1. The average Bonchev–Trinajstić information content (AvgIpc) is 2.32. The molecule has 0 saturated carbocycles. The van der Waals surface area contributed by atoms with E-state index in [1.165, 1.54) is 11.1 Å². The second kappa shape index (κ2) is 3.75. The fourth-order valence-electron chi connectivity index (χ4n) is 2.65. The quantitative estimate of drug-likeness (QED) is 0.707. The van der Waals surface area contributed by atoms with Gasteiger partial charge in [-0.25, -0.2) is 0 Å². The van der Waals surface area contributed by atoms with Gasteiger partial charge in [-0.05, 0) is 35.4 Å². The predicted octanol–water partition coefficient (Wildman–Crippen LogP) is 4.41. The third kappa shape index (κ3) is 1.54. The summed E-state index contributed by atoms with van der Waals surface area (Å²) in [6, 6.07) is 12.4. The van der Waals surface area contributed by atoms with Crippen molar-refractivity contribution in [1.82, 2.24) is 0 Å². The van der Waals surface area contributed by atoms with Gasteiger partial charge in [-0.3, -0.25) is 0 Å². The molecule has 0 radical (unpaired) electrons. The third-order valence-electron chi connectivity index (χ3n) is 3.68. The molecule has 0 atom stereocenters. The average molecular weight is 303 g/mol. The molecular formula is C15H15BrN2. The molecule has 2 aromatic carbocycles. The number of para-hydroxylation sites is 1. The van der Waals surface area contributed by atoms with Crippen LogP contribution in [0, 0.1) is 0 Å². The largest absolute Gasteiger partial charge is 0.397 e. The van der Waals surface area contributed by atoms with Crippen LogP contribution < -0.4 is 11.1 Å². The summed E-state index contributed by atoms with van der Waals surface area (Å²) >= 11 is 3.54. The number of nitrogens with one attached hydrogen (secondary N) is 1. The minimum absolute atomic E-state index is 0.0466. The molecule has 18 heavy (non-hydrogen) atoms. The fraction of sp³-hybridized carbons (Fsp3) is 0.200. The molecular weight excluding hydrogens is 288 g/mol. The number of fused-ring (bicyclic) bond motifs is 2. The summed E-state index contributed by atoms with van der Waals surface area (Å²) in [4.78, 5) is 0. The van der Waals surface area contributed by atoms with Crippen LogP contribution in [0.4, 0.5) is 17.1 Å². The molecule has 1 heterocycles. The Kier molecular flexibility index (Phi) is 2.42. The lowest BCUT2D eigenvalue weighted by atomic mass is 9.74. The summed E-state index contributed by atoms with van der Waals surface area (Å²) in [5.41, 5.74) is 11.5. The van der Waals surface area contributed by atoms with Gasteiger partial charge < -0.3 is 11.1 Å². The smallest absolute Gasteiger partial charge is 0.0659 e. The summed E-state index contributed by atoms with van der Waals surface area (Å²) in [6.45, 7) is 4.47. The number of halogens is 1. The van der Waals surface area contributed by atoms with Crippen molar-refractivity contribution in [2.45, 2.75) is 19.3 Å². The van der Waals surface area contributed by atoms with Crippen LogP contribution in [-0.4, -0.2) is 0 Å². The Balaban J connectivity index is 2.30. The van der Waals surface area contributed by atoms with Gasteiger partial charge in [0, 0.05) is 15.6 Å². The molecule has 0 unspecified atom stereocenters. The monoisotopic (exact) mass is 302 g/mol. The van der Waals surface area contributed by atoms with E-state index in [0.29, 0.717) is 0 Å². The summed E-state index contributed by atoms with van der Waals surface area (Å²) in [6.07, 6.45) is 0. The van der Waals surface area contributed by atoms with Gasteiger partial charge in [-0.2, -0.15) is 0 Å². The molecule has 0 spiro atoms. The van der Waals surface area contributed by atoms with Gasteiger partial charge in [0.05, 0.1) is 11.4 Å². The molecule has 2 aromatic rings. The molecule has 0 bridgehead atoms. The highest BCUT2D eigenvalue weighted by Gasteiger charge is 2.33. The number of benzene rings is 2. The zero-order valence-corrected chi connectivity index (χ0v) is 12.0. The van der Waals surface area contributed by atoms with Crippen LogP contribution in [0.25, 0.3) is 0 Å². The van der Waals surface area contributed by atoms with Crippen LogP contribution >= 0.6 is 15.9 Å².